The molecular formula is C22H25NO5. The zero-order valence-electron chi connectivity index (χ0n) is 15.9. The minimum absolute atomic E-state index is 0.0972. The number of carboxylic acids is 1. The van der Waals surface area contributed by atoms with Gasteiger partial charge < -0.3 is 19.9 Å². The summed E-state index contributed by atoms with van der Waals surface area (Å²) in [6.45, 7) is 4.29. The van der Waals surface area contributed by atoms with Gasteiger partial charge in [0.1, 0.15) is 5.75 Å². The first kappa shape index (κ1) is 19.9. The molecule has 0 saturated carbocycles. The van der Waals surface area contributed by atoms with Crippen LogP contribution in [0.15, 0.2) is 48.5 Å². The number of benzene rings is 2. The molecule has 6 heteroatoms. The molecule has 148 valence electrons. The van der Waals surface area contributed by atoms with Gasteiger partial charge >= 0.3 is 5.97 Å². The maximum atomic E-state index is 12.6. The van der Waals surface area contributed by atoms with E-state index in [4.69, 9.17) is 14.6 Å². The fourth-order valence-corrected chi connectivity index (χ4v) is 3.55. The van der Waals surface area contributed by atoms with Crippen LogP contribution in [0.5, 0.6) is 5.75 Å². The molecule has 6 nitrogen and oxygen atoms in total. The Morgan fingerprint density at radius 3 is 2.43 bits per heavy atom. The van der Waals surface area contributed by atoms with Crippen molar-refractivity contribution in [3.63, 3.8) is 0 Å². The summed E-state index contributed by atoms with van der Waals surface area (Å²) in [4.78, 5) is 23.8. The first-order chi connectivity index (χ1) is 13.5. The number of rotatable bonds is 7. The highest BCUT2D eigenvalue weighted by atomic mass is 16.5. The number of hydrogen-bond donors (Lipinski definition) is 2. The van der Waals surface area contributed by atoms with Crippen LogP contribution in [0, 0.1) is 0 Å². The molecule has 0 atom stereocenters. The predicted octanol–water partition coefficient (Wildman–Crippen LogP) is 3.26. The second-order valence-corrected chi connectivity index (χ2v) is 6.92. The molecule has 3 rings (SSSR count). The smallest absolute Gasteiger partial charge is 0.335 e. The predicted molar refractivity (Wildman–Crippen MR) is 105 cm³/mol. The number of carbonyl (C=O) groups excluding carboxylic acids is 1. The van der Waals surface area contributed by atoms with Crippen molar-refractivity contribution < 1.29 is 24.2 Å². The summed E-state index contributed by atoms with van der Waals surface area (Å²) in [6.07, 6.45) is 1.60. The molecule has 0 radical (unpaired) electrons. The highest BCUT2D eigenvalue weighted by Gasteiger charge is 2.35. The fraction of sp³-hybridized carbons (Fsp3) is 0.364. The zero-order valence-corrected chi connectivity index (χ0v) is 15.9. The van der Waals surface area contributed by atoms with E-state index in [1.165, 1.54) is 12.1 Å². The van der Waals surface area contributed by atoms with Crippen molar-refractivity contribution in [1.29, 1.82) is 0 Å². The van der Waals surface area contributed by atoms with Crippen LogP contribution in [0.3, 0.4) is 0 Å². The van der Waals surface area contributed by atoms with Gasteiger partial charge in [-0.3, -0.25) is 4.79 Å². The molecule has 1 amide bonds. The zero-order chi connectivity index (χ0) is 20.0. The molecule has 28 heavy (non-hydrogen) atoms. The Labute approximate surface area is 164 Å². The van der Waals surface area contributed by atoms with Gasteiger partial charge in [0.05, 0.1) is 12.2 Å². The van der Waals surface area contributed by atoms with E-state index in [0.717, 1.165) is 24.2 Å². The van der Waals surface area contributed by atoms with Gasteiger partial charge in [-0.15, -0.1) is 0 Å². The van der Waals surface area contributed by atoms with E-state index < -0.39 is 5.97 Å². The molecule has 1 aliphatic rings. The third kappa shape index (κ3) is 4.51. The number of aromatic carboxylic acids is 1. The first-order valence-corrected chi connectivity index (χ1v) is 9.47. The molecule has 2 N–H and O–H groups in total. The molecular weight excluding hydrogens is 358 g/mol. The standard InChI is InChI=1S/C22H25NO5/c1-2-28-19-8-6-18(7-9-19)22(10-12-27-13-11-22)15-23-20(24)16-4-3-5-17(14-16)21(25)26/h3-9,14H,2,10-13,15H2,1H3,(H,23,24)(H,25,26). The van der Waals surface area contributed by atoms with Crippen molar-refractivity contribution in [3.05, 3.63) is 65.2 Å². The number of hydrogen-bond acceptors (Lipinski definition) is 4. The molecule has 1 aliphatic heterocycles. The van der Waals surface area contributed by atoms with Crippen molar-refractivity contribution in [2.45, 2.75) is 25.2 Å². The normalized spacial score (nSPS) is 15.6. The minimum Gasteiger partial charge on any atom is -0.494 e. The molecule has 0 spiro atoms. The minimum atomic E-state index is -1.05. The van der Waals surface area contributed by atoms with Crippen LogP contribution < -0.4 is 10.1 Å². The number of carboxylic acid groups (broad SMARTS) is 1. The van der Waals surface area contributed by atoms with Crippen molar-refractivity contribution in [3.8, 4) is 5.75 Å². The van der Waals surface area contributed by atoms with E-state index in [1.807, 2.05) is 31.2 Å². The summed E-state index contributed by atoms with van der Waals surface area (Å²) in [7, 11) is 0. The Kier molecular flexibility index (Phi) is 6.31. The maximum absolute atomic E-state index is 12.6. The van der Waals surface area contributed by atoms with Gasteiger partial charge in [-0.2, -0.15) is 0 Å². The lowest BCUT2D eigenvalue weighted by Crippen LogP contribution is -2.44. The maximum Gasteiger partial charge on any atom is 0.335 e. The van der Waals surface area contributed by atoms with Gasteiger partial charge in [0.2, 0.25) is 0 Å². The van der Waals surface area contributed by atoms with Crippen molar-refractivity contribution in [2.24, 2.45) is 0 Å². The van der Waals surface area contributed by atoms with E-state index in [-0.39, 0.29) is 16.9 Å². The fourth-order valence-electron chi connectivity index (χ4n) is 3.55. The molecule has 1 saturated heterocycles. The summed E-state index contributed by atoms with van der Waals surface area (Å²) >= 11 is 0. The Bertz CT molecular complexity index is 825. The third-order valence-corrected chi connectivity index (χ3v) is 5.19. The largest absolute Gasteiger partial charge is 0.494 e. The van der Waals surface area contributed by atoms with Crippen molar-refractivity contribution >= 4 is 11.9 Å². The number of amides is 1. The number of ether oxygens (including phenoxy) is 2. The van der Waals surface area contributed by atoms with Gasteiger partial charge in [-0.05, 0) is 55.7 Å². The average molecular weight is 383 g/mol. The Hall–Kier alpha value is -2.86. The van der Waals surface area contributed by atoms with Crippen LogP contribution in [0.2, 0.25) is 0 Å². The molecule has 1 fully saturated rings. The van der Waals surface area contributed by atoms with Crippen molar-refractivity contribution in [2.75, 3.05) is 26.4 Å². The van der Waals surface area contributed by atoms with Gasteiger partial charge in [0.15, 0.2) is 0 Å². The van der Waals surface area contributed by atoms with E-state index in [9.17, 15) is 9.59 Å². The molecule has 2 aromatic carbocycles. The monoisotopic (exact) mass is 383 g/mol. The molecule has 0 bridgehead atoms. The summed E-state index contributed by atoms with van der Waals surface area (Å²) < 4.78 is 11.1. The third-order valence-electron chi connectivity index (χ3n) is 5.19. The lowest BCUT2D eigenvalue weighted by molar-refractivity contribution is 0.0487. The van der Waals surface area contributed by atoms with Gasteiger partial charge in [-0.1, -0.05) is 18.2 Å². The summed E-state index contributed by atoms with van der Waals surface area (Å²) in [5.74, 6) is -0.507. The van der Waals surface area contributed by atoms with E-state index in [0.29, 0.717) is 31.9 Å². The molecule has 0 aromatic heterocycles. The Morgan fingerprint density at radius 1 is 1.11 bits per heavy atom. The Balaban J connectivity index is 1.76. The highest BCUT2D eigenvalue weighted by Crippen LogP contribution is 2.35. The molecule has 2 aromatic rings. The molecule has 1 heterocycles. The second-order valence-electron chi connectivity index (χ2n) is 6.92. The van der Waals surface area contributed by atoms with Crippen LogP contribution >= 0.6 is 0 Å². The van der Waals surface area contributed by atoms with Gasteiger partial charge in [0, 0.05) is 30.7 Å². The van der Waals surface area contributed by atoms with Gasteiger partial charge in [0.25, 0.3) is 5.91 Å². The lowest BCUT2D eigenvalue weighted by Gasteiger charge is -2.38. The van der Waals surface area contributed by atoms with Crippen LogP contribution in [0.4, 0.5) is 0 Å². The summed E-state index contributed by atoms with van der Waals surface area (Å²) in [5, 5.41) is 12.1. The first-order valence-electron chi connectivity index (χ1n) is 9.47. The average Bonchev–Trinajstić information content (AvgIpc) is 2.73. The second kappa shape index (κ2) is 8.89. The Morgan fingerprint density at radius 2 is 1.79 bits per heavy atom. The van der Waals surface area contributed by atoms with Crippen LogP contribution in [-0.4, -0.2) is 43.3 Å². The number of nitrogens with one attached hydrogen (secondary N) is 1. The van der Waals surface area contributed by atoms with E-state index >= 15 is 0 Å². The van der Waals surface area contributed by atoms with Crippen LogP contribution in [0.1, 0.15) is 46.0 Å². The van der Waals surface area contributed by atoms with Crippen molar-refractivity contribution in [1.82, 2.24) is 5.32 Å². The van der Waals surface area contributed by atoms with E-state index in [1.54, 1.807) is 12.1 Å². The van der Waals surface area contributed by atoms with Crippen LogP contribution in [-0.2, 0) is 10.2 Å². The number of carbonyl (C=O) groups is 2. The topological polar surface area (TPSA) is 84.9 Å². The van der Waals surface area contributed by atoms with Gasteiger partial charge in [-0.25, -0.2) is 4.79 Å². The lowest BCUT2D eigenvalue weighted by atomic mass is 9.74. The molecule has 0 unspecified atom stereocenters. The van der Waals surface area contributed by atoms with E-state index in [2.05, 4.69) is 5.32 Å². The summed E-state index contributed by atoms with van der Waals surface area (Å²) in [5.41, 5.74) is 1.36. The SMILES string of the molecule is CCOc1ccc(C2(CNC(=O)c3cccc(C(=O)O)c3)CCOCC2)cc1. The quantitative estimate of drug-likeness (QED) is 0.767. The highest BCUT2D eigenvalue weighted by molar-refractivity contribution is 5.97. The summed E-state index contributed by atoms with van der Waals surface area (Å²) in [6, 6.07) is 14.1. The van der Waals surface area contributed by atoms with Crippen LogP contribution in [0.25, 0.3) is 0 Å². The molecule has 0 aliphatic carbocycles.